The summed E-state index contributed by atoms with van der Waals surface area (Å²) >= 11 is 2.86. The molecule has 0 amide bonds. The highest BCUT2D eigenvalue weighted by molar-refractivity contribution is 7.91. The lowest BCUT2D eigenvalue weighted by molar-refractivity contribution is -0.137. The summed E-state index contributed by atoms with van der Waals surface area (Å²) in [5.41, 5.74) is 4.63. The summed E-state index contributed by atoms with van der Waals surface area (Å²) in [4.78, 5) is 40.4. The van der Waals surface area contributed by atoms with Gasteiger partial charge in [-0.1, -0.05) is 32.7 Å². The van der Waals surface area contributed by atoms with Crippen LogP contribution in [0.5, 0.6) is 0 Å². The number of ether oxygens (including phenoxy) is 4. The van der Waals surface area contributed by atoms with Crippen LogP contribution in [0, 0.1) is 0 Å². The topological polar surface area (TPSA) is 319 Å². The van der Waals surface area contributed by atoms with Gasteiger partial charge in [0.25, 0.3) is 30.4 Å². The first-order valence-corrected chi connectivity index (χ1v) is 29.9. The van der Waals surface area contributed by atoms with Gasteiger partial charge in [-0.2, -0.15) is 25.3 Å². The number of nitrogens with zero attached hydrogens (tertiary/aromatic N) is 4. The zero-order chi connectivity index (χ0) is 56.0. The Hall–Kier alpha value is -7.02. The standard InChI is InChI=1S/C26H24N2O8S3.C24H20N2O9S3.CH4/c1-16(26(29)35-2)15-36-11-10-17-4-8-23-21(12-17)28-20-7-5-18(13-24(20)37-23)27-22-14-19(39(32,33)34)6-9-25(22)38(3,30)31;1-14(24(27)34-2)12-35-13-15-3-7-21-19(9-15)26-18-6-4-16(10-22(18)36-21)25-20-11-17(37(28,29)30)5-8-23(20)38(31,32)33;/h4-9,12-14H,1,10-11,15H2,2-3H3,(H,32,33,34);3-11H,1,12-13H2,2H3,(H,28,29,30)(H,31,32,33);1H4. The molecule has 21 nitrogen and oxygen atoms in total. The zero-order valence-corrected chi connectivity index (χ0v) is 45.5. The molecule has 2 aliphatic carbocycles. The smallest absolute Gasteiger partial charge is 0.335 e. The quantitative estimate of drug-likeness (QED) is 0.0260. The Morgan fingerprint density at radius 2 is 1.01 bits per heavy atom. The molecule has 2 aliphatic heterocycles. The van der Waals surface area contributed by atoms with Gasteiger partial charge in [0.15, 0.2) is 9.84 Å². The van der Waals surface area contributed by atoms with E-state index < -0.39 is 66.8 Å². The zero-order valence-electron chi connectivity index (χ0n) is 40.6. The van der Waals surface area contributed by atoms with Gasteiger partial charge in [-0.25, -0.2) is 38.0 Å². The molecule has 78 heavy (non-hydrogen) atoms. The van der Waals surface area contributed by atoms with Crippen molar-refractivity contribution < 1.29 is 75.9 Å². The van der Waals surface area contributed by atoms with Gasteiger partial charge in [-0.3, -0.25) is 13.7 Å². The maximum absolute atomic E-state index is 12.2. The Labute approximate surface area is 456 Å². The van der Waals surface area contributed by atoms with E-state index in [1.54, 1.807) is 36.4 Å². The molecule has 0 fully saturated rings. The van der Waals surface area contributed by atoms with Gasteiger partial charge >= 0.3 is 11.9 Å². The Morgan fingerprint density at radius 1 is 0.564 bits per heavy atom. The van der Waals surface area contributed by atoms with Crippen LogP contribution in [0.1, 0.15) is 18.6 Å². The van der Waals surface area contributed by atoms with E-state index in [0.29, 0.717) is 40.2 Å². The molecule has 4 aromatic carbocycles. The fourth-order valence-electron chi connectivity index (χ4n) is 7.09. The van der Waals surface area contributed by atoms with Crippen LogP contribution in [0.4, 0.5) is 11.4 Å². The summed E-state index contributed by atoms with van der Waals surface area (Å²) in [5, 5.41) is 0.655. The number of benzene rings is 6. The molecule has 4 aromatic rings. The predicted molar refractivity (Wildman–Crippen MR) is 292 cm³/mol. The number of esters is 2. The molecular weight excluding hydrogens is 1130 g/mol. The van der Waals surface area contributed by atoms with Gasteiger partial charge in [-0.15, -0.1) is 22.7 Å². The summed E-state index contributed by atoms with van der Waals surface area (Å²) in [7, 11) is -15.1. The number of aromatic nitrogens is 2. The lowest BCUT2D eigenvalue weighted by atomic mass is 10.1. The maximum Gasteiger partial charge on any atom is 0.335 e. The van der Waals surface area contributed by atoms with E-state index in [4.69, 9.17) is 14.5 Å². The number of rotatable bonds is 17. The largest absolute Gasteiger partial charge is 0.466 e. The van der Waals surface area contributed by atoms with Crippen molar-refractivity contribution in [3.63, 3.8) is 0 Å². The highest BCUT2D eigenvalue weighted by atomic mass is 32.2. The number of hydrogen-bond donors (Lipinski definition) is 3. The maximum atomic E-state index is 12.2. The summed E-state index contributed by atoms with van der Waals surface area (Å²) in [6.07, 6.45) is 1.60. The van der Waals surface area contributed by atoms with Crippen LogP contribution in [-0.4, -0.2) is 110 Å². The molecule has 8 rings (SSSR count). The minimum atomic E-state index is -4.73. The lowest BCUT2D eigenvalue weighted by Gasteiger charge is -2.09. The van der Waals surface area contributed by atoms with Crippen molar-refractivity contribution in [1.29, 1.82) is 0 Å². The Balaban J connectivity index is 0.000000249. The first kappa shape index (κ1) is 60.2. The highest BCUT2D eigenvalue weighted by Gasteiger charge is 2.21. The lowest BCUT2D eigenvalue weighted by Crippen LogP contribution is -2.10. The molecule has 3 N–H and O–H groups in total. The molecule has 0 unspecified atom stereocenters. The number of sulfone groups is 1. The van der Waals surface area contributed by atoms with Crippen molar-refractivity contribution in [2.45, 2.75) is 40.0 Å². The van der Waals surface area contributed by atoms with Gasteiger partial charge in [0.2, 0.25) is 0 Å². The van der Waals surface area contributed by atoms with E-state index in [0.717, 1.165) is 73.6 Å². The molecule has 0 aromatic heterocycles. The van der Waals surface area contributed by atoms with Crippen LogP contribution >= 0.6 is 22.7 Å². The Morgan fingerprint density at radius 3 is 1.47 bits per heavy atom. The van der Waals surface area contributed by atoms with Crippen molar-refractivity contribution in [3.8, 4) is 21.1 Å². The first-order valence-electron chi connectivity index (χ1n) is 22.0. The minimum absolute atomic E-state index is 0. The van der Waals surface area contributed by atoms with Crippen LogP contribution in [0.25, 0.3) is 41.6 Å². The van der Waals surface area contributed by atoms with E-state index >= 15 is 0 Å². The van der Waals surface area contributed by atoms with Crippen LogP contribution in [0.15, 0.2) is 163 Å². The molecule has 0 spiro atoms. The number of methoxy groups -OCH3 is 2. The predicted octanol–water partition coefficient (Wildman–Crippen LogP) is 7.58. The third kappa shape index (κ3) is 15.4. The molecule has 0 bridgehead atoms. The molecule has 0 saturated heterocycles. The number of fused-ring (bicyclic) bond motifs is 4. The van der Waals surface area contributed by atoms with Gasteiger partial charge in [-0.05, 0) is 115 Å². The average molecular weight is 1180 g/mol. The van der Waals surface area contributed by atoms with E-state index in [1.165, 1.54) is 36.9 Å². The van der Waals surface area contributed by atoms with Crippen LogP contribution in [0.3, 0.4) is 0 Å². The summed E-state index contributed by atoms with van der Waals surface area (Å²) in [6, 6.07) is 27.1. The highest BCUT2D eigenvalue weighted by Crippen LogP contribution is 2.33. The average Bonchev–Trinajstić information content (AvgIpc) is 3.38. The Kier molecular flexibility index (Phi) is 19.1. The SMILES string of the molecule is C.C=C(COCCc1ccc2sc3cc(=Nc4cc(S(=O)(=O)O)ccc4S(C)(=O)=O)ccc-3nc2c1)C(=O)OC.C=C(COCc1ccc2sc3cc(=Nc4cc(S(=O)(=O)O)ccc4S(=O)(=O)O)ccc-3nc2c1)C(=O)OC. The molecular formula is C51H48N4O17S6. The van der Waals surface area contributed by atoms with Crippen molar-refractivity contribution >= 4 is 107 Å². The number of carbonyl (C=O) groups is 2. The van der Waals surface area contributed by atoms with Crippen molar-refractivity contribution in [3.05, 3.63) is 155 Å². The van der Waals surface area contributed by atoms with E-state index in [2.05, 4.69) is 37.6 Å². The minimum Gasteiger partial charge on any atom is -0.466 e. The third-order valence-corrected chi connectivity index (χ3v) is 16.8. The van der Waals surface area contributed by atoms with E-state index in [9.17, 15) is 56.9 Å². The summed E-state index contributed by atoms with van der Waals surface area (Å²) in [5.74, 6) is -1.04. The van der Waals surface area contributed by atoms with Crippen molar-refractivity contribution in [1.82, 2.24) is 9.97 Å². The van der Waals surface area contributed by atoms with Crippen LogP contribution in [0.2, 0.25) is 0 Å². The molecule has 410 valence electrons. The first-order chi connectivity index (χ1) is 36.2. The van der Waals surface area contributed by atoms with Gasteiger partial charge in [0.1, 0.15) is 4.90 Å². The second-order valence-corrected chi connectivity index (χ2v) is 24.9. The van der Waals surface area contributed by atoms with Crippen molar-refractivity contribution in [2.24, 2.45) is 9.98 Å². The third-order valence-electron chi connectivity index (χ3n) is 10.8. The molecule has 4 aliphatic rings. The van der Waals surface area contributed by atoms with Crippen LogP contribution < -0.4 is 10.7 Å². The Bertz CT molecular complexity index is 4220. The molecule has 0 radical (unpaired) electrons. The molecule has 0 atom stereocenters. The van der Waals surface area contributed by atoms with E-state index in [-0.39, 0.29) is 60.0 Å². The van der Waals surface area contributed by atoms with Crippen molar-refractivity contribution in [2.75, 3.05) is 40.3 Å². The van der Waals surface area contributed by atoms with Gasteiger partial charge < -0.3 is 18.9 Å². The molecule has 2 heterocycles. The normalized spacial score (nSPS) is 12.5. The second-order valence-electron chi connectivity index (χ2n) is 16.5. The molecule has 27 heteroatoms. The van der Waals surface area contributed by atoms with Gasteiger partial charge in [0.05, 0.1) is 130 Å². The fourth-order valence-corrected chi connectivity index (χ4v) is 11.5. The van der Waals surface area contributed by atoms with E-state index in [1.807, 2.05) is 36.4 Å². The number of carbonyl (C=O) groups excluding carboxylic acids is 2. The van der Waals surface area contributed by atoms with Crippen LogP contribution in [-0.2, 0) is 81.8 Å². The molecule has 0 saturated carbocycles. The fraction of sp³-hybridized carbons (Fsp3) is 0.176. The van der Waals surface area contributed by atoms with Gasteiger partial charge in [0, 0.05) is 6.26 Å². The second kappa shape index (κ2) is 24.8. The number of hydrogen-bond acceptors (Lipinski definition) is 20. The monoisotopic (exact) mass is 1180 g/mol. The summed E-state index contributed by atoms with van der Waals surface area (Å²) < 4.78 is 144. The summed E-state index contributed by atoms with van der Waals surface area (Å²) in [6.45, 7) is 7.96.